The van der Waals surface area contributed by atoms with Crippen molar-refractivity contribution < 1.29 is 19.1 Å². The van der Waals surface area contributed by atoms with E-state index in [2.05, 4.69) is 94.1 Å². The third kappa shape index (κ3) is 5.42. The van der Waals surface area contributed by atoms with Crippen molar-refractivity contribution in [1.29, 1.82) is 0 Å². The lowest BCUT2D eigenvalue weighted by Crippen LogP contribution is -2.08. The predicted octanol–water partition coefficient (Wildman–Crippen LogP) is 11.6. The second-order valence-corrected chi connectivity index (χ2v) is 13.2. The minimum Gasteiger partial charge on any atom is -0.462 e. The van der Waals surface area contributed by atoms with Gasteiger partial charge >= 0.3 is 11.9 Å². The first-order valence-corrected chi connectivity index (χ1v) is 18.3. The van der Waals surface area contributed by atoms with Crippen molar-refractivity contribution >= 4 is 55.6 Å². The molecule has 0 aliphatic rings. The van der Waals surface area contributed by atoms with Gasteiger partial charge in [0.15, 0.2) is 0 Å². The summed E-state index contributed by atoms with van der Waals surface area (Å²) in [4.78, 5) is 27.1. The van der Waals surface area contributed by atoms with Crippen LogP contribution in [0.25, 0.3) is 77.2 Å². The fourth-order valence-corrected chi connectivity index (χ4v) is 7.85. The van der Waals surface area contributed by atoms with Crippen molar-refractivity contribution in [3.05, 3.63) is 169 Å². The zero-order valence-corrected chi connectivity index (χ0v) is 30.0. The Labute approximate surface area is 312 Å². The molecule has 2 heterocycles. The molecule has 0 saturated carbocycles. The minimum atomic E-state index is -0.396. The van der Waals surface area contributed by atoms with Crippen molar-refractivity contribution in [3.63, 3.8) is 0 Å². The Balaban J connectivity index is 1.25. The third-order valence-corrected chi connectivity index (χ3v) is 10.2. The average molecular weight is 705 g/mol. The molecular weight excluding hydrogens is 669 g/mol. The van der Waals surface area contributed by atoms with Gasteiger partial charge in [0.05, 0.1) is 46.4 Å². The Morgan fingerprint density at radius 2 is 0.778 bits per heavy atom. The number of hydrogen-bond donors (Lipinski definition) is 0. The van der Waals surface area contributed by atoms with E-state index in [4.69, 9.17) is 9.47 Å². The molecule has 0 N–H and O–H groups in total. The molecule has 9 aromatic rings. The molecular formula is C48H36N2O4. The quantitative estimate of drug-likeness (QED) is 0.148. The summed E-state index contributed by atoms with van der Waals surface area (Å²) in [7, 11) is 0. The van der Waals surface area contributed by atoms with Gasteiger partial charge in [0.25, 0.3) is 0 Å². The van der Waals surface area contributed by atoms with Gasteiger partial charge in [-0.2, -0.15) is 0 Å². The van der Waals surface area contributed by atoms with Crippen molar-refractivity contribution in [2.45, 2.75) is 13.8 Å². The number of fused-ring (bicyclic) bond motifs is 6. The van der Waals surface area contributed by atoms with E-state index in [9.17, 15) is 9.59 Å². The number of carbonyl (C=O) groups is 2. The lowest BCUT2D eigenvalue weighted by atomic mass is 9.93. The van der Waals surface area contributed by atoms with Crippen molar-refractivity contribution in [2.75, 3.05) is 13.2 Å². The van der Waals surface area contributed by atoms with Crippen LogP contribution >= 0.6 is 0 Å². The van der Waals surface area contributed by atoms with Crippen LogP contribution in [0.3, 0.4) is 0 Å². The van der Waals surface area contributed by atoms with Crippen LogP contribution in [0.2, 0.25) is 0 Å². The summed E-state index contributed by atoms with van der Waals surface area (Å²) in [6.45, 7) is 4.13. The molecule has 54 heavy (non-hydrogen) atoms. The number of esters is 2. The molecule has 0 aliphatic heterocycles. The highest BCUT2D eigenvalue weighted by Crippen LogP contribution is 2.38. The highest BCUT2D eigenvalue weighted by atomic mass is 16.5. The van der Waals surface area contributed by atoms with Gasteiger partial charge in [0, 0.05) is 32.9 Å². The van der Waals surface area contributed by atoms with Crippen LogP contribution in [0.4, 0.5) is 0 Å². The Morgan fingerprint density at radius 3 is 1.13 bits per heavy atom. The van der Waals surface area contributed by atoms with Crippen LogP contribution in [0.15, 0.2) is 158 Å². The molecule has 6 nitrogen and oxygen atoms in total. The van der Waals surface area contributed by atoms with Crippen molar-refractivity contribution in [2.24, 2.45) is 0 Å². The van der Waals surface area contributed by atoms with Crippen LogP contribution in [-0.2, 0) is 9.47 Å². The number of ether oxygens (including phenoxy) is 2. The molecule has 7 aromatic carbocycles. The average Bonchev–Trinajstić information content (AvgIpc) is 3.74. The molecule has 0 atom stereocenters. The number of nitrogens with zero attached hydrogens (tertiary/aromatic N) is 2. The molecule has 9 rings (SSSR count). The number of para-hydroxylation sites is 4. The standard InChI is InChI=1S/C48H36N2O4/c1-3-53-47(51)39-26-24-33(49-43-20-9-5-16-35(43)36-17-6-10-21-44(36)49)29-41(39)31-14-13-15-32(28-31)42-30-34(25-27-40(42)48(52)54-4-2)50-45-22-11-7-18-37(45)38-19-8-12-23-46(38)50/h5-30H,3-4H2,1-2H3. The van der Waals surface area contributed by atoms with E-state index in [-0.39, 0.29) is 13.2 Å². The second-order valence-electron chi connectivity index (χ2n) is 13.2. The van der Waals surface area contributed by atoms with Crippen LogP contribution in [0, 0.1) is 0 Å². The summed E-state index contributed by atoms with van der Waals surface area (Å²) in [5.41, 5.74) is 10.1. The molecule has 2 aromatic heterocycles. The van der Waals surface area contributed by atoms with E-state index in [0.717, 1.165) is 77.2 Å². The minimum absolute atomic E-state index is 0.255. The Bertz CT molecular complexity index is 2610. The van der Waals surface area contributed by atoms with Crippen molar-refractivity contribution in [1.82, 2.24) is 9.13 Å². The van der Waals surface area contributed by atoms with Gasteiger partial charge in [-0.25, -0.2) is 9.59 Å². The third-order valence-electron chi connectivity index (χ3n) is 10.2. The number of aromatic nitrogens is 2. The SMILES string of the molecule is CCOC(=O)c1ccc(-n2c3ccccc3c3ccccc32)cc1-c1cccc(-c2cc(-n3c4ccccc4c4ccccc43)ccc2C(=O)OCC)c1. The molecule has 0 spiro atoms. The molecule has 6 heteroatoms. The summed E-state index contributed by atoms with van der Waals surface area (Å²) in [5.74, 6) is -0.792. The maximum absolute atomic E-state index is 13.5. The predicted molar refractivity (Wildman–Crippen MR) is 218 cm³/mol. The zero-order valence-electron chi connectivity index (χ0n) is 30.0. The van der Waals surface area contributed by atoms with Gasteiger partial charge in [-0.3, -0.25) is 0 Å². The van der Waals surface area contributed by atoms with Gasteiger partial charge in [0.2, 0.25) is 0 Å². The lowest BCUT2D eigenvalue weighted by molar-refractivity contribution is 0.0517. The van der Waals surface area contributed by atoms with Crippen LogP contribution in [0.1, 0.15) is 34.6 Å². The summed E-state index contributed by atoms with van der Waals surface area (Å²) in [5, 5.41) is 4.61. The Kier molecular flexibility index (Phi) is 8.28. The topological polar surface area (TPSA) is 62.5 Å². The summed E-state index contributed by atoms with van der Waals surface area (Å²) < 4.78 is 15.6. The fourth-order valence-electron chi connectivity index (χ4n) is 7.85. The Hall–Kier alpha value is -6.92. The van der Waals surface area contributed by atoms with Crippen LogP contribution in [0.5, 0.6) is 0 Å². The first kappa shape index (κ1) is 33.0. The highest BCUT2D eigenvalue weighted by molar-refractivity contribution is 6.11. The fraction of sp³-hybridized carbons (Fsp3) is 0.0833. The maximum atomic E-state index is 13.5. The van der Waals surface area contributed by atoms with E-state index < -0.39 is 11.9 Å². The highest BCUT2D eigenvalue weighted by Gasteiger charge is 2.21. The molecule has 0 saturated heterocycles. The normalized spacial score (nSPS) is 11.4. The summed E-state index contributed by atoms with van der Waals surface area (Å²) in [6, 6.07) is 53.2. The monoisotopic (exact) mass is 704 g/mol. The van der Waals surface area contributed by atoms with E-state index in [1.54, 1.807) is 0 Å². The summed E-state index contributed by atoms with van der Waals surface area (Å²) >= 11 is 0. The van der Waals surface area contributed by atoms with Gasteiger partial charge in [-0.05, 0) is 103 Å². The van der Waals surface area contributed by atoms with Gasteiger partial charge < -0.3 is 18.6 Å². The van der Waals surface area contributed by atoms with Gasteiger partial charge in [0.1, 0.15) is 0 Å². The van der Waals surface area contributed by atoms with Gasteiger partial charge in [-0.15, -0.1) is 0 Å². The number of rotatable bonds is 8. The first-order chi connectivity index (χ1) is 26.6. The smallest absolute Gasteiger partial charge is 0.338 e. The van der Waals surface area contributed by atoms with Crippen LogP contribution in [-0.4, -0.2) is 34.3 Å². The lowest BCUT2D eigenvalue weighted by Gasteiger charge is -2.16. The largest absolute Gasteiger partial charge is 0.462 e. The second kappa shape index (κ2) is 13.6. The van der Waals surface area contributed by atoms with E-state index in [1.807, 2.05) is 86.6 Å². The molecule has 0 aliphatic carbocycles. The van der Waals surface area contributed by atoms with E-state index >= 15 is 0 Å². The first-order valence-electron chi connectivity index (χ1n) is 18.3. The van der Waals surface area contributed by atoms with Crippen LogP contribution < -0.4 is 0 Å². The molecule has 0 bridgehead atoms. The molecule has 0 amide bonds. The number of hydrogen-bond acceptors (Lipinski definition) is 4. The molecule has 0 radical (unpaired) electrons. The number of benzene rings is 7. The van der Waals surface area contributed by atoms with Crippen molar-refractivity contribution in [3.8, 4) is 33.6 Å². The summed E-state index contributed by atoms with van der Waals surface area (Å²) in [6.07, 6.45) is 0. The van der Waals surface area contributed by atoms with E-state index in [0.29, 0.717) is 11.1 Å². The number of carbonyl (C=O) groups excluding carboxylic acids is 2. The van der Waals surface area contributed by atoms with Gasteiger partial charge in [-0.1, -0.05) is 91.0 Å². The maximum Gasteiger partial charge on any atom is 0.338 e. The van der Waals surface area contributed by atoms with E-state index in [1.165, 1.54) is 0 Å². The Morgan fingerprint density at radius 1 is 0.426 bits per heavy atom. The molecule has 0 unspecified atom stereocenters. The molecule has 262 valence electrons. The molecule has 0 fully saturated rings. The zero-order chi connectivity index (χ0) is 36.8.